The zero-order chi connectivity index (χ0) is 6.57. The third-order valence-corrected chi connectivity index (χ3v) is 0.572. The zero-order valence-electron chi connectivity index (χ0n) is 4.59. The highest BCUT2D eigenvalue weighted by molar-refractivity contribution is 5.68. The van der Waals surface area contributed by atoms with Gasteiger partial charge in [0.25, 0.3) is 0 Å². The van der Waals surface area contributed by atoms with Crippen molar-refractivity contribution in [3.8, 4) is 0 Å². The summed E-state index contributed by atoms with van der Waals surface area (Å²) in [6, 6.07) is 0. The Morgan fingerprint density at radius 3 is 2.25 bits per heavy atom. The number of aliphatic carboxylic acids is 1. The van der Waals surface area contributed by atoms with Gasteiger partial charge < -0.3 is 10.2 Å². The molecule has 0 aromatic rings. The molecule has 8 heavy (non-hydrogen) atoms. The lowest BCUT2D eigenvalue weighted by Gasteiger charge is -1.84. The average Bonchev–Trinajstić information content (AvgIpc) is 1.61. The van der Waals surface area contributed by atoms with E-state index in [1.165, 1.54) is 13.0 Å². The number of rotatable bonds is 2. The second-order valence-electron chi connectivity index (χ2n) is 1.44. The van der Waals surface area contributed by atoms with Crippen molar-refractivity contribution in [1.82, 2.24) is 0 Å². The Balaban J connectivity index is 3.45. The number of aliphatic hydroxyl groups is 1. The van der Waals surface area contributed by atoms with Crippen molar-refractivity contribution < 1.29 is 15.0 Å². The third kappa shape index (κ3) is 5.01. The van der Waals surface area contributed by atoms with Gasteiger partial charge in [0, 0.05) is 0 Å². The molecule has 0 heterocycles. The monoisotopic (exact) mass is 116 g/mol. The van der Waals surface area contributed by atoms with Crippen molar-refractivity contribution >= 4 is 5.97 Å². The van der Waals surface area contributed by atoms with Crippen molar-refractivity contribution in [2.75, 3.05) is 0 Å². The van der Waals surface area contributed by atoms with Gasteiger partial charge in [-0.3, -0.25) is 4.79 Å². The molecule has 3 heteroatoms. The van der Waals surface area contributed by atoms with E-state index in [-0.39, 0.29) is 12.2 Å². The lowest BCUT2D eigenvalue weighted by Crippen LogP contribution is -1.90. The maximum Gasteiger partial charge on any atom is 0.307 e. The quantitative estimate of drug-likeness (QED) is 0.527. The highest BCUT2D eigenvalue weighted by atomic mass is 16.4. The SMILES string of the molecule is C/C(O)=C/CC(=O)O. The molecule has 46 valence electrons. The molecular formula is C5H8O3. The molecule has 0 aliphatic carbocycles. The maximum atomic E-state index is 9.75. The first kappa shape index (κ1) is 7.01. The predicted molar refractivity (Wildman–Crippen MR) is 28.6 cm³/mol. The van der Waals surface area contributed by atoms with Crippen LogP contribution in [0.15, 0.2) is 11.8 Å². The van der Waals surface area contributed by atoms with Crippen molar-refractivity contribution in [2.45, 2.75) is 13.3 Å². The minimum absolute atomic E-state index is 0.0485. The predicted octanol–water partition coefficient (Wildman–Crippen LogP) is 0.923. The topological polar surface area (TPSA) is 57.5 Å². The average molecular weight is 116 g/mol. The van der Waals surface area contributed by atoms with E-state index >= 15 is 0 Å². The molecule has 0 spiro atoms. The molecular weight excluding hydrogens is 108 g/mol. The minimum Gasteiger partial charge on any atom is -0.513 e. The summed E-state index contributed by atoms with van der Waals surface area (Å²) in [5, 5.41) is 16.4. The highest BCUT2D eigenvalue weighted by Gasteiger charge is 1.89. The van der Waals surface area contributed by atoms with Crippen LogP contribution in [0.3, 0.4) is 0 Å². The standard InChI is InChI=1S/C5H8O3/c1-4(6)2-3-5(7)8/h2,6H,3H2,1H3,(H,7,8)/b4-2-. The fourth-order valence-electron chi connectivity index (χ4n) is 0.235. The van der Waals surface area contributed by atoms with E-state index in [2.05, 4.69) is 0 Å². The molecule has 0 amide bonds. The molecule has 3 nitrogen and oxygen atoms in total. The Kier molecular flexibility index (Phi) is 2.69. The van der Waals surface area contributed by atoms with Crippen LogP contribution in [-0.4, -0.2) is 16.2 Å². The van der Waals surface area contributed by atoms with Gasteiger partial charge in [-0.1, -0.05) is 0 Å². The Morgan fingerprint density at radius 1 is 1.62 bits per heavy atom. The van der Waals surface area contributed by atoms with Gasteiger partial charge in [0.15, 0.2) is 0 Å². The molecule has 0 atom stereocenters. The Labute approximate surface area is 47.3 Å². The van der Waals surface area contributed by atoms with Gasteiger partial charge in [-0.2, -0.15) is 0 Å². The first-order valence-corrected chi connectivity index (χ1v) is 2.20. The number of carbonyl (C=O) groups is 1. The molecule has 0 aliphatic heterocycles. The second-order valence-corrected chi connectivity index (χ2v) is 1.44. The van der Waals surface area contributed by atoms with Crippen LogP contribution >= 0.6 is 0 Å². The largest absolute Gasteiger partial charge is 0.513 e. The van der Waals surface area contributed by atoms with E-state index in [4.69, 9.17) is 10.2 Å². The lowest BCUT2D eigenvalue weighted by atomic mass is 10.4. The summed E-state index contributed by atoms with van der Waals surface area (Å²) in [4.78, 5) is 9.75. The van der Waals surface area contributed by atoms with E-state index in [1.807, 2.05) is 0 Å². The van der Waals surface area contributed by atoms with Crippen LogP contribution in [0.2, 0.25) is 0 Å². The van der Waals surface area contributed by atoms with Crippen LogP contribution in [0.4, 0.5) is 0 Å². The highest BCUT2D eigenvalue weighted by Crippen LogP contribution is 1.87. The van der Waals surface area contributed by atoms with Gasteiger partial charge in [-0.05, 0) is 13.0 Å². The first-order chi connectivity index (χ1) is 3.63. The summed E-state index contributed by atoms with van der Waals surface area (Å²) in [5.74, 6) is -0.884. The molecule has 0 fully saturated rings. The molecule has 0 aromatic carbocycles. The number of hydrogen-bond acceptors (Lipinski definition) is 2. The molecule has 0 rings (SSSR count). The van der Waals surface area contributed by atoms with E-state index in [0.29, 0.717) is 0 Å². The summed E-state index contributed by atoms with van der Waals surface area (Å²) >= 11 is 0. The van der Waals surface area contributed by atoms with Crippen LogP contribution in [0.1, 0.15) is 13.3 Å². The van der Waals surface area contributed by atoms with Crippen LogP contribution in [0.5, 0.6) is 0 Å². The number of carboxylic acids is 1. The van der Waals surface area contributed by atoms with E-state index in [9.17, 15) is 4.79 Å². The Morgan fingerprint density at radius 2 is 2.12 bits per heavy atom. The van der Waals surface area contributed by atoms with Crippen LogP contribution in [-0.2, 0) is 4.79 Å². The summed E-state index contributed by atoms with van der Waals surface area (Å²) in [5.41, 5.74) is 0. The summed E-state index contributed by atoms with van der Waals surface area (Å²) in [6.45, 7) is 1.43. The lowest BCUT2D eigenvalue weighted by molar-refractivity contribution is -0.136. The smallest absolute Gasteiger partial charge is 0.307 e. The van der Waals surface area contributed by atoms with Gasteiger partial charge in [-0.25, -0.2) is 0 Å². The normalized spacial score (nSPS) is 11.4. The molecule has 0 bridgehead atoms. The van der Waals surface area contributed by atoms with Crippen LogP contribution in [0.25, 0.3) is 0 Å². The Bertz CT molecular complexity index is 111. The first-order valence-electron chi connectivity index (χ1n) is 2.20. The molecule has 0 radical (unpaired) electrons. The van der Waals surface area contributed by atoms with E-state index < -0.39 is 5.97 Å². The molecule has 0 aliphatic rings. The minimum atomic E-state index is -0.932. The van der Waals surface area contributed by atoms with Crippen molar-refractivity contribution in [2.24, 2.45) is 0 Å². The summed E-state index contributed by atoms with van der Waals surface area (Å²) < 4.78 is 0. The third-order valence-electron chi connectivity index (χ3n) is 0.572. The van der Waals surface area contributed by atoms with Gasteiger partial charge in [0.1, 0.15) is 0 Å². The Hall–Kier alpha value is -0.990. The van der Waals surface area contributed by atoms with Crippen molar-refractivity contribution in [1.29, 1.82) is 0 Å². The number of aliphatic hydroxyl groups excluding tert-OH is 1. The molecule has 0 aromatic heterocycles. The van der Waals surface area contributed by atoms with Gasteiger partial charge in [-0.15, -0.1) is 0 Å². The van der Waals surface area contributed by atoms with Crippen molar-refractivity contribution in [3.63, 3.8) is 0 Å². The fraction of sp³-hybridized carbons (Fsp3) is 0.400. The van der Waals surface area contributed by atoms with Crippen molar-refractivity contribution in [3.05, 3.63) is 11.8 Å². The molecule has 0 saturated carbocycles. The molecule has 0 unspecified atom stereocenters. The van der Waals surface area contributed by atoms with Gasteiger partial charge >= 0.3 is 5.97 Å². The van der Waals surface area contributed by atoms with Gasteiger partial charge in [0.05, 0.1) is 12.2 Å². The van der Waals surface area contributed by atoms with Crippen LogP contribution < -0.4 is 0 Å². The number of hydrogen-bond donors (Lipinski definition) is 2. The van der Waals surface area contributed by atoms with E-state index in [0.717, 1.165) is 0 Å². The maximum absolute atomic E-state index is 9.75. The summed E-state index contributed by atoms with van der Waals surface area (Å²) in [6.07, 6.45) is 1.13. The van der Waals surface area contributed by atoms with E-state index in [1.54, 1.807) is 0 Å². The van der Waals surface area contributed by atoms with Gasteiger partial charge in [0.2, 0.25) is 0 Å². The molecule has 2 N–H and O–H groups in total. The second kappa shape index (κ2) is 3.07. The zero-order valence-corrected chi connectivity index (χ0v) is 4.59. The number of carboxylic acid groups (broad SMARTS) is 1. The summed E-state index contributed by atoms with van der Waals surface area (Å²) in [7, 11) is 0. The molecule has 0 saturated heterocycles. The fourth-order valence-corrected chi connectivity index (χ4v) is 0.235. The number of allylic oxidation sites excluding steroid dienone is 1. The van der Waals surface area contributed by atoms with Crippen LogP contribution in [0, 0.1) is 0 Å².